The van der Waals surface area contributed by atoms with E-state index in [9.17, 15) is 4.79 Å². The van der Waals surface area contributed by atoms with Crippen LogP contribution in [-0.2, 0) is 0 Å². The van der Waals surface area contributed by atoms with Crippen LogP contribution in [0, 0.1) is 5.41 Å². The summed E-state index contributed by atoms with van der Waals surface area (Å²) in [5.41, 5.74) is 0.670. The van der Waals surface area contributed by atoms with Crippen molar-refractivity contribution in [3.05, 3.63) is 28.8 Å². The molecule has 0 unspecified atom stereocenters. The molecule has 3 nitrogen and oxygen atoms in total. The average molecular weight is 313 g/mol. The first kappa shape index (κ1) is 15.7. The predicted octanol–water partition coefficient (Wildman–Crippen LogP) is 3.09. The van der Waals surface area contributed by atoms with E-state index in [0.717, 1.165) is 30.8 Å². The molecule has 20 heavy (non-hydrogen) atoms. The highest BCUT2D eigenvalue weighted by Gasteiger charge is 2.29. The third-order valence-electron chi connectivity index (χ3n) is 4.06. The van der Waals surface area contributed by atoms with Crippen molar-refractivity contribution in [3.8, 4) is 0 Å². The zero-order valence-corrected chi connectivity index (χ0v) is 13.6. The van der Waals surface area contributed by atoms with Crippen LogP contribution in [0.1, 0.15) is 30.1 Å². The maximum Gasteiger partial charge on any atom is 0.252 e. The molecular formula is C15H21ClN2OS. The Balaban J connectivity index is 1.97. The number of carbonyl (C=O) groups excluding carboxylic acids is 1. The van der Waals surface area contributed by atoms with E-state index in [-0.39, 0.29) is 11.3 Å². The first-order chi connectivity index (χ1) is 9.39. The maximum absolute atomic E-state index is 12.2. The smallest absolute Gasteiger partial charge is 0.252 e. The van der Waals surface area contributed by atoms with Crippen molar-refractivity contribution in [3.63, 3.8) is 0 Å². The van der Waals surface area contributed by atoms with Crippen LogP contribution in [0.25, 0.3) is 0 Å². The minimum Gasteiger partial charge on any atom is -0.351 e. The number of amides is 1. The lowest BCUT2D eigenvalue weighted by atomic mass is 9.80. The summed E-state index contributed by atoms with van der Waals surface area (Å²) < 4.78 is 0. The fraction of sp³-hybridized carbons (Fsp3) is 0.533. The van der Waals surface area contributed by atoms with Gasteiger partial charge in [-0.15, -0.1) is 12.6 Å². The highest BCUT2D eigenvalue weighted by atomic mass is 35.5. The molecule has 0 aliphatic carbocycles. The van der Waals surface area contributed by atoms with Gasteiger partial charge in [0.05, 0.1) is 10.6 Å². The molecule has 5 heteroatoms. The highest BCUT2D eigenvalue weighted by molar-refractivity contribution is 7.80. The number of piperidine rings is 1. The van der Waals surface area contributed by atoms with E-state index in [1.54, 1.807) is 18.2 Å². The lowest BCUT2D eigenvalue weighted by Gasteiger charge is -2.38. The number of halogens is 1. The molecule has 1 aliphatic heterocycles. The van der Waals surface area contributed by atoms with E-state index in [0.29, 0.717) is 17.1 Å². The second-order valence-electron chi connectivity index (χ2n) is 5.96. The quantitative estimate of drug-likeness (QED) is 0.841. The van der Waals surface area contributed by atoms with Gasteiger partial charge < -0.3 is 10.2 Å². The third kappa shape index (κ3) is 3.90. The van der Waals surface area contributed by atoms with Crippen molar-refractivity contribution in [2.45, 2.75) is 24.7 Å². The van der Waals surface area contributed by atoms with Gasteiger partial charge in [-0.25, -0.2) is 0 Å². The highest BCUT2D eigenvalue weighted by Crippen LogP contribution is 2.29. The predicted molar refractivity (Wildman–Crippen MR) is 85.9 cm³/mol. The molecule has 1 N–H and O–H groups in total. The molecule has 2 rings (SSSR count). The Bertz CT molecular complexity index is 499. The van der Waals surface area contributed by atoms with Gasteiger partial charge in [-0.2, -0.15) is 0 Å². The Labute approximate surface area is 131 Å². The normalized spacial score (nSPS) is 18.8. The number of nitrogens with one attached hydrogen (secondary N) is 1. The van der Waals surface area contributed by atoms with Crippen molar-refractivity contribution in [2.24, 2.45) is 5.41 Å². The summed E-state index contributed by atoms with van der Waals surface area (Å²) in [6.07, 6.45) is 2.20. The zero-order chi connectivity index (χ0) is 14.8. The summed E-state index contributed by atoms with van der Waals surface area (Å²) in [6.45, 7) is 5.09. The molecule has 110 valence electrons. The molecule has 0 aromatic heterocycles. The van der Waals surface area contributed by atoms with Crippen LogP contribution >= 0.6 is 24.2 Å². The van der Waals surface area contributed by atoms with Gasteiger partial charge in [0.2, 0.25) is 0 Å². The molecule has 1 heterocycles. The van der Waals surface area contributed by atoms with E-state index in [1.165, 1.54) is 0 Å². The van der Waals surface area contributed by atoms with Crippen LogP contribution in [0.3, 0.4) is 0 Å². The molecule has 1 saturated heterocycles. The van der Waals surface area contributed by atoms with E-state index in [1.807, 2.05) is 0 Å². The maximum atomic E-state index is 12.2. The molecule has 0 saturated carbocycles. The number of likely N-dealkylation sites (tertiary alicyclic amines) is 1. The molecule has 0 atom stereocenters. The number of benzene rings is 1. The Kier molecular flexibility index (Phi) is 4.99. The van der Waals surface area contributed by atoms with Gasteiger partial charge in [0.15, 0.2) is 0 Å². The number of hydrogen-bond donors (Lipinski definition) is 2. The first-order valence-electron chi connectivity index (χ1n) is 6.85. The average Bonchev–Trinajstić information content (AvgIpc) is 2.43. The van der Waals surface area contributed by atoms with Crippen LogP contribution in [0.5, 0.6) is 0 Å². The van der Waals surface area contributed by atoms with E-state index in [4.69, 9.17) is 11.6 Å². The molecule has 1 aliphatic rings. The number of hydrogen-bond acceptors (Lipinski definition) is 3. The Morgan fingerprint density at radius 2 is 2.10 bits per heavy atom. The number of carbonyl (C=O) groups is 1. The largest absolute Gasteiger partial charge is 0.351 e. The molecule has 0 spiro atoms. The van der Waals surface area contributed by atoms with Crippen molar-refractivity contribution in [2.75, 3.05) is 26.7 Å². The minimum atomic E-state index is -0.119. The molecule has 0 radical (unpaired) electrons. The van der Waals surface area contributed by atoms with Crippen LogP contribution in [0.4, 0.5) is 0 Å². The van der Waals surface area contributed by atoms with Crippen molar-refractivity contribution in [1.82, 2.24) is 10.2 Å². The monoisotopic (exact) mass is 312 g/mol. The topological polar surface area (TPSA) is 32.3 Å². The Hall–Kier alpha value is -0.710. The molecule has 0 bridgehead atoms. The second-order valence-corrected chi connectivity index (χ2v) is 6.88. The Morgan fingerprint density at radius 3 is 2.75 bits per heavy atom. The molecule has 1 fully saturated rings. The van der Waals surface area contributed by atoms with Gasteiger partial charge >= 0.3 is 0 Å². The second kappa shape index (κ2) is 6.37. The molecule has 1 aromatic rings. The van der Waals surface area contributed by atoms with Gasteiger partial charge in [-0.3, -0.25) is 4.79 Å². The van der Waals surface area contributed by atoms with Crippen molar-refractivity contribution in [1.29, 1.82) is 0 Å². The number of rotatable bonds is 3. The molecule has 1 aromatic carbocycles. The van der Waals surface area contributed by atoms with Gasteiger partial charge in [-0.1, -0.05) is 18.5 Å². The van der Waals surface area contributed by atoms with Crippen LogP contribution in [-0.4, -0.2) is 37.5 Å². The summed E-state index contributed by atoms with van der Waals surface area (Å²) >= 11 is 10.3. The fourth-order valence-electron chi connectivity index (χ4n) is 2.41. The summed E-state index contributed by atoms with van der Waals surface area (Å²) in [5.74, 6) is -0.119. The van der Waals surface area contributed by atoms with Crippen LogP contribution < -0.4 is 5.32 Å². The number of nitrogens with zero attached hydrogens (tertiary/aromatic N) is 1. The number of thiol groups is 1. The van der Waals surface area contributed by atoms with Crippen molar-refractivity contribution >= 4 is 30.1 Å². The van der Waals surface area contributed by atoms with E-state index < -0.39 is 0 Å². The SMILES string of the molecule is CN1CCC(C)(CNC(=O)c2cc(S)ccc2Cl)CC1. The van der Waals surface area contributed by atoms with Crippen LogP contribution in [0.15, 0.2) is 23.1 Å². The summed E-state index contributed by atoms with van der Waals surface area (Å²) in [6, 6.07) is 5.19. The third-order valence-corrected chi connectivity index (χ3v) is 4.67. The lowest BCUT2D eigenvalue weighted by Crippen LogP contribution is -2.43. The lowest BCUT2D eigenvalue weighted by molar-refractivity contribution is 0.0891. The van der Waals surface area contributed by atoms with Gasteiger partial charge in [0.25, 0.3) is 5.91 Å². The van der Waals surface area contributed by atoms with E-state index in [2.05, 4.69) is 36.8 Å². The standard InChI is InChI=1S/C15H21ClN2OS/c1-15(5-7-18(2)8-6-15)10-17-14(19)12-9-11(20)3-4-13(12)16/h3-4,9,20H,5-8,10H2,1-2H3,(H,17,19). The summed E-state index contributed by atoms with van der Waals surface area (Å²) in [7, 11) is 2.14. The minimum absolute atomic E-state index is 0.119. The Morgan fingerprint density at radius 1 is 1.45 bits per heavy atom. The molecule has 1 amide bonds. The first-order valence-corrected chi connectivity index (χ1v) is 7.67. The van der Waals surface area contributed by atoms with Crippen molar-refractivity contribution < 1.29 is 4.79 Å². The fourth-order valence-corrected chi connectivity index (χ4v) is 2.82. The van der Waals surface area contributed by atoms with Gasteiger partial charge in [0.1, 0.15) is 0 Å². The molecular weight excluding hydrogens is 292 g/mol. The van der Waals surface area contributed by atoms with Gasteiger partial charge in [-0.05, 0) is 56.6 Å². The van der Waals surface area contributed by atoms with Gasteiger partial charge in [0, 0.05) is 11.4 Å². The van der Waals surface area contributed by atoms with Crippen LogP contribution in [0.2, 0.25) is 5.02 Å². The summed E-state index contributed by atoms with van der Waals surface area (Å²) in [4.78, 5) is 15.3. The van der Waals surface area contributed by atoms with E-state index >= 15 is 0 Å². The zero-order valence-electron chi connectivity index (χ0n) is 11.9. The summed E-state index contributed by atoms with van der Waals surface area (Å²) in [5, 5.41) is 3.48.